The quantitative estimate of drug-likeness (QED) is 0.718. The van der Waals surface area contributed by atoms with Crippen molar-refractivity contribution in [1.29, 1.82) is 0 Å². The molecule has 7 nitrogen and oxygen atoms in total. The Labute approximate surface area is 110 Å². The Kier molecular flexibility index (Phi) is 2.79. The Balaban J connectivity index is 1.73. The van der Waals surface area contributed by atoms with Crippen molar-refractivity contribution in [2.75, 3.05) is 17.6 Å². The number of nitrogens with one attached hydrogen (secondary N) is 1. The molecular formula is C12H15N7. The molecule has 19 heavy (non-hydrogen) atoms. The fourth-order valence-corrected chi connectivity index (χ4v) is 1.98. The Bertz CT molecular complexity index is 697. The van der Waals surface area contributed by atoms with Crippen molar-refractivity contribution >= 4 is 17.3 Å². The molecule has 3 aromatic rings. The van der Waals surface area contributed by atoms with Gasteiger partial charge in [-0.15, -0.1) is 0 Å². The number of aryl methyl sites for hydroxylation is 1. The summed E-state index contributed by atoms with van der Waals surface area (Å²) in [6, 6.07) is 2.00. The second-order valence-corrected chi connectivity index (χ2v) is 4.33. The van der Waals surface area contributed by atoms with Crippen molar-refractivity contribution in [1.82, 2.24) is 24.1 Å². The van der Waals surface area contributed by atoms with Crippen molar-refractivity contribution in [2.24, 2.45) is 7.05 Å². The zero-order valence-corrected chi connectivity index (χ0v) is 10.6. The number of hydrogen-bond donors (Lipinski definition) is 2. The molecule has 0 radical (unpaired) electrons. The zero-order chi connectivity index (χ0) is 13.2. The third-order valence-corrected chi connectivity index (χ3v) is 2.84. The average molecular weight is 257 g/mol. The molecule has 0 saturated heterocycles. The molecule has 0 amide bonds. The molecule has 0 spiro atoms. The summed E-state index contributed by atoms with van der Waals surface area (Å²) >= 11 is 0. The Morgan fingerprint density at radius 2 is 2.26 bits per heavy atom. The van der Waals surface area contributed by atoms with Crippen LogP contribution in [-0.4, -0.2) is 30.7 Å². The van der Waals surface area contributed by atoms with Gasteiger partial charge in [-0.25, -0.2) is 9.97 Å². The maximum Gasteiger partial charge on any atom is 0.180 e. The van der Waals surface area contributed by atoms with Gasteiger partial charge >= 0.3 is 0 Å². The van der Waals surface area contributed by atoms with Crippen molar-refractivity contribution in [3.05, 3.63) is 36.5 Å². The second-order valence-electron chi connectivity index (χ2n) is 4.33. The number of aromatic nitrogens is 5. The van der Waals surface area contributed by atoms with Gasteiger partial charge in [0.2, 0.25) is 0 Å². The van der Waals surface area contributed by atoms with Crippen LogP contribution in [0.15, 0.2) is 30.9 Å². The first-order valence-corrected chi connectivity index (χ1v) is 6.04. The Hall–Kier alpha value is -2.57. The van der Waals surface area contributed by atoms with Gasteiger partial charge in [0.25, 0.3) is 0 Å². The van der Waals surface area contributed by atoms with Crippen LogP contribution >= 0.6 is 0 Å². The molecule has 0 aliphatic heterocycles. The van der Waals surface area contributed by atoms with E-state index in [0.717, 1.165) is 24.3 Å². The number of fused-ring (bicyclic) bond motifs is 1. The highest BCUT2D eigenvalue weighted by Gasteiger charge is 2.05. The molecule has 3 rings (SSSR count). The van der Waals surface area contributed by atoms with E-state index >= 15 is 0 Å². The van der Waals surface area contributed by atoms with E-state index in [-0.39, 0.29) is 0 Å². The van der Waals surface area contributed by atoms with Crippen LogP contribution in [0.25, 0.3) is 5.65 Å². The van der Waals surface area contributed by atoms with Gasteiger partial charge in [0, 0.05) is 38.6 Å². The fourth-order valence-electron chi connectivity index (χ4n) is 1.98. The van der Waals surface area contributed by atoms with Crippen LogP contribution in [0.2, 0.25) is 0 Å². The summed E-state index contributed by atoms with van der Waals surface area (Å²) in [4.78, 5) is 8.52. The molecular weight excluding hydrogens is 242 g/mol. The molecule has 0 saturated carbocycles. The summed E-state index contributed by atoms with van der Waals surface area (Å²) < 4.78 is 3.65. The first-order chi connectivity index (χ1) is 9.22. The molecule has 98 valence electrons. The van der Waals surface area contributed by atoms with Crippen LogP contribution in [0.5, 0.6) is 0 Å². The largest absolute Gasteiger partial charge is 0.382 e. The maximum atomic E-state index is 5.75. The third-order valence-electron chi connectivity index (χ3n) is 2.84. The highest BCUT2D eigenvalue weighted by Crippen LogP contribution is 2.14. The van der Waals surface area contributed by atoms with E-state index in [2.05, 4.69) is 20.4 Å². The van der Waals surface area contributed by atoms with Gasteiger partial charge in [0.15, 0.2) is 11.5 Å². The molecule has 0 aliphatic rings. The lowest BCUT2D eigenvalue weighted by atomic mass is 10.3. The lowest BCUT2D eigenvalue weighted by Gasteiger charge is -2.07. The number of nitrogens with zero attached hydrogens (tertiary/aromatic N) is 5. The molecule has 0 aromatic carbocycles. The number of hydrogen-bond acceptors (Lipinski definition) is 5. The SMILES string of the molecule is Cn1ccc(CCNc2nc(N)cn3ccnc23)n1. The topological polar surface area (TPSA) is 86.1 Å². The smallest absolute Gasteiger partial charge is 0.180 e. The maximum absolute atomic E-state index is 5.75. The van der Waals surface area contributed by atoms with Gasteiger partial charge in [-0.1, -0.05) is 0 Å². The van der Waals surface area contributed by atoms with E-state index < -0.39 is 0 Å². The molecule has 3 N–H and O–H groups in total. The molecule has 3 aromatic heterocycles. The summed E-state index contributed by atoms with van der Waals surface area (Å²) in [7, 11) is 1.91. The van der Waals surface area contributed by atoms with Crippen LogP contribution in [0, 0.1) is 0 Å². The summed E-state index contributed by atoms with van der Waals surface area (Å²) in [5, 5.41) is 7.57. The molecule has 3 heterocycles. The second kappa shape index (κ2) is 4.60. The number of rotatable bonds is 4. The summed E-state index contributed by atoms with van der Waals surface area (Å²) in [6.07, 6.45) is 8.06. The van der Waals surface area contributed by atoms with Crippen LogP contribution in [0.1, 0.15) is 5.69 Å². The van der Waals surface area contributed by atoms with Gasteiger partial charge in [-0.3, -0.25) is 4.68 Å². The minimum absolute atomic E-state index is 0.464. The van der Waals surface area contributed by atoms with Gasteiger partial charge in [0.1, 0.15) is 5.82 Å². The molecule has 0 aliphatic carbocycles. The summed E-state index contributed by atoms with van der Waals surface area (Å²) in [5.41, 5.74) is 7.57. The Morgan fingerprint density at radius 3 is 3.05 bits per heavy atom. The fraction of sp³-hybridized carbons (Fsp3) is 0.250. The van der Waals surface area contributed by atoms with Gasteiger partial charge in [0.05, 0.1) is 11.9 Å². The minimum atomic E-state index is 0.464. The number of nitrogen functional groups attached to an aromatic ring is 1. The highest BCUT2D eigenvalue weighted by atomic mass is 15.2. The lowest BCUT2D eigenvalue weighted by Crippen LogP contribution is -2.09. The minimum Gasteiger partial charge on any atom is -0.382 e. The lowest BCUT2D eigenvalue weighted by molar-refractivity contribution is 0.742. The number of anilines is 2. The monoisotopic (exact) mass is 257 g/mol. The van der Waals surface area contributed by atoms with Crippen molar-refractivity contribution in [2.45, 2.75) is 6.42 Å². The standard InChI is InChI=1S/C12H15N7/c1-18-6-3-9(17-18)2-4-14-11-12-15-5-7-19(12)8-10(13)16-11/h3,5-8H,2,4,13H2,1H3,(H,14,16). The van der Waals surface area contributed by atoms with Crippen molar-refractivity contribution in [3.63, 3.8) is 0 Å². The van der Waals surface area contributed by atoms with E-state index in [9.17, 15) is 0 Å². The number of imidazole rings is 1. The zero-order valence-electron chi connectivity index (χ0n) is 10.6. The highest BCUT2D eigenvalue weighted by molar-refractivity contribution is 5.64. The average Bonchev–Trinajstić information content (AvgIpc) is 2.98. The predicted octanol–water partition coefficient (Wildman–Crippen LogP) is 0.700. The van der Waals surface area contributed by atoms with E-state index in [4.69, 9.17) is 5.73 Å². The van der Waals surface area contributed by atoms with Gasteiger partial charge < -0.3 is 15.5 Å². The Morgan fingerprint density at radius 1 is 1.37 bits per heavy atom. The van der Waals surface area contributed by atoms with Crippen LogP contribution in [0.3, 0.4) is 0 Å². The number of nitrogens with two attached hydrogens (primary N) is 1. The molecule has 7 heteroatoms. The van der Waals surface area contributed by atoms with Crippen molar-refractivity contribution < 1.29 is 0 Å². The van der Waals surface area contributed by atoms with Gasteiger partial charge in [-0.05, 0) is 6.07 Å². The van der Waals surface area contributed by atoms with E-state index in [0.29, 0.717) is 11.6 Å². The van der Waals surface area contributed by atoms with Gasteiger partial charge in [-0.2, -0.15) is 5.10 Å². The first kappa shape index (κ1) is 11.5. The summed E-state index contributed by atoms with van der Waals surface area (Å²) in [6.45, 7) is 0.732. The van der Waals surface area contributed by atoms with Crippen LogP contribution < -0.4 is 11.1 Å². The molecule has 0 unspecified atom stereocenters. The normalized spacial score (nSPS) is 11.0. The van der Waals surface area contributed by atoms with E-state index in [1.165, 1.54) is 0 Å². The van der Waals surface area contributed by atoms with Crippen LogP contribution in [0.4, 0.5) is 11.6 Å². The van der Waals surface area contributed by atoms with E-state index in [1.807, 2.05) is 29.9 Å². The molecule has 0 bridgehead atoms. The van der Waals surface area contributed by atoms with Crippen LogP contribution in [-0.2, 0) is 13.5 Å². The molecule has 0 fully saturated rings. The molecule has 0 atom stereocenters. The first-order valence-electron chi connectivity index (χ1n) is 6.04. The predicted molar refractivity (Wildman–Crippen MR) is 72.8 cm³/mol. The van der Waals surface area contributed by atoms with E-state index in [1.54, 1.807) is 17.1 Å². The third kappa shape index (κ3) is 2.35. The summed E-state index contributed by atoms with van der Waals surface area (Å²) in [5.74, 6) is 1.16. The van der Waals surface area contributed by atoms with Crippen molar-refractivity contribution in [3.8, 4) is 0 Å².